The lowest BCUT2D eigenvalue weighted by Gasteiger charge is -2.05. The summed E-state index contributed by atoms with van der Waals surface area (Å²) < 4.78 is 11.0. The van der Waals surface area contributed by atoms with Crippen molar-refractivity contribution in [3.63, 3.8) is 0 Å². The van der Waals surface area contributed by atoms with Crippen LogP contribution in [0.4, 0.5) is 0 Å². The molecule has 0 atom stereocenters. The van der Waals surface area contributed by atoms with Crippen molar-refractivity contribution in [3.8, 4) is 17.2 Å². The van der Waals surface area contributed by atoms with Crippen LogP contribution >= 0.6 is 11.8 Å². The Kier molecular flexibility index (Phi) is 4.40. The van der Waals surface area contributed by atoms with Crippen LogP contribution in [0.15, 0.2) is 33.9 Å². The number of para-hydroxylation sites is 1. The third-order valence-electron chi connectivity index (χ3n) is 2.16. The van der Waals surface area contributed by atoms with Gasteiger partial charge < -0.3 is 14.9 Å². The number of amides is 1. The molecular formula is C12H13N3O3S. The molecule has 0 unspecified atom stereocenters. The number of thioether (sulfide) groups is 1. The van der Waals surface area contributed by atoms with Crippen molar-refractivity contribution in [1.29, 1.82) is 0 Å². The lowest BCUT2D eigenvalue weighted by atomic mass is 10.2. The molecule has 1 aromatic heterocycles. The SMILES string of the molecule is CCOc1ccccc1-c1nnc(SCC(N)=O)o1. The van der Waals surface area contributed by atoms with Crippen LogP contribution in [0.2, 0.25) is 0 Å². The molecule has 0 aliphatic rings. The molecule has 0 bridgehead atoms. The van der Waals surface area contributed by atoms with Gasteiger partial charge in [-0.15, -0.1) is 10.2 Å². The molecular weight excluding hydrogens is 266 g/mol. The first-order valence-electron chi connectivity index (χ1n) is 5.67. The molecule has 1 heterocycles. The summed E-state index contributed by atoms with van der Waals surface area (Å²) in [5.74, 6) is 0.713. The van der Waals surface area contributed by atoms with Crippen LogP contribution in [0.3, 0.4) is 0 Å². The van der Waals surface area contributed by atoms with Crippen molar-refractivity contribution in [2.24, 2.45) is 5.73 Å². The van der Waals surface area contributed by atoms with Crippen LogP contribution in [0, 0.1) is 0 Å². The van der Waals surface area contributed by atoms with Gasteiger partial charge in [-0.1, -0.05) is 23.9 Å². The monoisotopic (exact) mass is 279 g/mol. The van der Waals surface area contributed by atoms with E-state index in [4.69, 9.17) is 14.9 Å². The predicted molar refractivity (Wildman–Crippen MR) is 70.8 cm³/mol. The zero-order valence-electron chi connectivity index (χ0n) is 10.3. The Labute approximate surface area is 114 Å². The average Bonchev–Trinajstić information content (AvgIpc) is 2.86. The number of nitrogens with two attached hydrogens (primary N) is 1. The Morgan fingerprint density at radius 2 is 2.21 bits per heavy atom. The normalized spacial score (nSPS) is 10.4. The highest BCUT2D eigenvalue weighted by Crippen LogP contribution is 2.30. The first-order valence-corrected chi connectivity index (χ1v) is 6.66. The fraction of sp³-hybridized carbons (Fsp3) is 0.250. The van der Waals surface area contributed by atoms with Gasteiger partial charge in [0, 0.05) is 0 Å². The van der Waals surface area contributed by atoms with Crippen molar-refractivity contribution >= 4 is 17.7 Å². The third kappa shape index (κ3) is 3.47. The standard InChI is InChI=1S/C12H13N3O3S/c1-2-17-9-6-4-3-5-8(9)11-14-15-12(18-11)19-7-10(13)16/h3-6H,2,7H2,1H3,(H2,13,16). The lowest BCUT2D eigenvalue weighted by molar-refractivity contribution is -0.115. The van der Waals surface area contributed by atoms with E-state index in [9.17, 15) is 4.79 Å². The van der Waals surface area contributed by atoms with Gasteiger partial charge >= 0.3 is 0 Å². The summed E-state index contributed by atoms with van der Waals surface area (Å²) in [6.45, 7) is 2.45. The Balaban J connectivity index is 2.20. The van der Waals surface area contributed by atoms with E-state index in [1.165, 1.54) is 0 Å². The summed E-state index contributed by atoms with van der Waals surface area (Å²) in [6.07, 6.45) is 0. The van der Waals surface area contributed by atoms with Gasteiger partial charge in [-0.3, -0.25) is 4.79 Å². The maximum Gasteiger partial charge on any atom is 0.277 e. The second-order valence-corrected chi connectivity index (χ2v) is 4.48. The number of ether oxygens (including phenoxy) is 1. The summed E-state index contributed by atoms with van der Waals surface area (Å²) in [6, 6.07) is 7.40. The molecule has 6 nitrogen and oxygen atoms in total. The molecule has 1 amide bonds. The van der Waals surface area contributed by atoms with Gasteiger partial charge in [0.05, 0.1) is 17.9 Å². The van der Waals surface area contributed by atoms with E-state index >= 15 is 0 Å². The first-order chi connectivity index (χ1) is 9.20. The van der Waals surface area contributed by atoms with E-state index < -0.39 is 5.91 Å². The third-order valence-corrected chi connectivity index (χ3v) is 3.00. The molecule has 100 valence electrons. The fourth-order valence-corrected chi connectivity index (χ4v) is 1.94. The lowest BCUT2D eigenvalue weighted by Crippen LogP contribution is -2.12. The summed E-state index contributed by atoms with van der Waals surface area (Å²) in [5, 5.41) is 8.09. The Bertz CT molecular complexity index is 571. The second kappa shape index (κ2) is 6.24. The predicted octanol–water partition coefficient (Wildman–Crippen LogP) is 1.71. The van der Waals surface area contributed by atoms with Crippen molar-refractivity contribution in [1.82, 2.24) is 10.2 Å². The highest BCUT2D eigenvalue weighted by atomic mass is 32.2. The number of carbonyl (C=O) groups excluding carboxylic acids is 1. The molecule has 7 heteroatoms. The largest absolute Gasteiger partial charge is 0.493 e. The number of benzene rings is 1. The van der Waals surface area contributed by atoms with Gasteiger partial charge in [-0.2, -0.15) is 0 Å². The van der Waals surface area contributed by atoms with Crippen LogP contribution in [0.5, 0.6) is 5.75 Å². The highest BCUT2D eigenvalue weighted by molar-refractivity contribution is 7.99. The molecule has 2 aromatic rings. The van der Waals surface area contributed by atoms with E-state index in [2.05, 4.69) is 10.2 Å². The topological polar surface area (TPSA) is 91.2 Å². The van der Waals surface area contributed by atoms with E-state index in [1.807, 2.05) is 31.2 Å². The van der Waals surface area contributed by atoms with Gasteiger partial charge in [0.1, 0.15) is 5.75 Å². The van der Waals surface area contributed by atoms with Gasteiger partial charge in [-0.25, -0.2) is 0 Å². The minimum Gasteiger partial charge on any atom is -0.493 e. The van der Waals surface area contributed by atoms with Crippen LogP contribution in [0.1, 0.15) is 6.92 Å². The minimum absolute atomic E-state index is 0.106. The maximum absolute atomic E-state index is 10.7. The second-order valence-electron chi connectivity index (χ2n) is 3.56. The Morgan fingerprint density at radius 1 is 1.42 bits per heavy atom. The number of primary amides is 1. The highest BCUT2D eigenvalue weighted by Gasteiger charge is 2.13. The van der Waals surface area contributed by atoms with Crippen molar-refractivity contribution < 1.29 is 13.9 Å². The molecule has 2 rings (SSSR count). The van der Waals surface area contributed by atoms with E-state index in [1.54, 1.807) is 0 Å². The molecule has 0 radical (unpaired) electrons. The number of hydrogen-bond donors (Lipinski definition) is 1. The molecule has 0 aliphatic heterocycles. The number of nitrogens with zero attached hydrogens (tertiary/aromatic N) is 2. The average molecular weight is 279 g/mol. The zero-order valence-corrected chi connectivity index (χ0v) is 11.1. The molecule has 0 saturated carbocycles. The molecule has 0 fully saturated rings. The molecule has 1 aromatic carbocycles. The number of aromatic nitrogens is 2. The quantitative estimate of drug-likeness (QED) is 0.809. The molecule has 0 saturated heterocycles. The Hall–Kier alpha value is -2.02. The van der Waals surface area contributed by atoms with Gasteiger partial charge in [-0.05, 0) is 19.1 Å². The van der Waals surface area contributed by atoms with E-state index in [0.717, 1.165) is 17.3 Å². The van der Waals surface area contributed by atoms with E-state index in [0.29, 0.717) is 23.5 Å². The van der Waals surface area contributed by atoms with Crippen LogP contribution in [0.25, 0.3) is 11.5 Å². The summed E-state index contributed by atoms with van der Waals surface area (Å²) in [4.78, 5) is 10.7. The number of rotatable bonds is 6. The molecule has 0 aliphatic carbocycles. The van der Waals surface area contributed by atoms with Crippen molar-refractivity contribution in [3.05, 3.63) is 24.3 Å². The van der Waals surface area contributed by atoms with Gasteiger partial charge in [0.25, 0.3) is 11.1 Å². The summed E-state index contributed by atoms with van der Waals surface area (Å²) in [7, 11) is 0. The molecule has 19 heavy (non-hydrogen) atoms. The minimum atomic E-state index is -0.431. The zero-order chi connectivity index (χ0) is 13.7. The fourth-order valence-electron chi connectivity index (χ4n) is 1.43. The smallest absolute Gasteiger partial charge is 0.277 e. The molecule has 2 N–H and O–H groups in total. The van der Waals surface area contributed by atoms with Gasteiger partial charge in [0.2, 0.25) is 5.91 Å². The van der Waals surface area contributed by atoms with Crippen molar-refractivity contribution in [2.75, 3.05) is 12.4 Å². The van der Waals surface area contributed by atoms with Crippen LogP contribution in [-0.2, 0) is 4.79 Å². The van der Waals surface area contributed by atoms with Crippen LogP contribution in [-0.4, -0.2) is 28.5 Å². The van der Waals surface area contributed by atoms with Crippen LogP contribution < -0.4 is 10.5 Å². The van der Waals surface area contributed by atoms with Crippen molar-refractivity contribution in [2.45, 2.75) is 12.1 Å². The van der Waals surface area contributed by atoms with E-state index in [-0.39, 0.29) is 5.75 Å². The number of carbonyl (C=O) groups is 1. The molecule has 0 spiro atoms. The first kappa shape index (κ1) is 13.4. The Morgan fingerprint density at radius 3 is 2.95 bits per heavy atom. The summed E-state index contributed by atoms with van der Waals surface area (Å²) >= 11 is 1.11. The number of hydrogen-bond acceptors (Lipinski definition) is 6. The summed E-state index contributed by atoms with van der Waals surface area (Å²) in [5.41, 5.74) is 5.78. The maximum atomic E-state index is 10.7. The van der Waals surface area contributed by atoms with Gasteiger partial charge in [0.15, 0.2) is 0 Å².